The second-order valence-corrected chi connectivity index (χ2v) is 5.64. The monoisotopic (exact) mass is 336 g/mol. The van der Waals surface area contributed by atoms with Crippen LogP contribution in [0.3, 0.4) is 0 Å². The first kappa shape index (κ1) is 15.4. The van der Waals surface area contributed by atoms with Gasteiger partial charge in [0, 0.05) is 10.3 Å². The molecule has 2 aromatic heterocycles. The van der Waals surface area contributed by atoms with E-state index < -0.39 is 12.0 Å². The van der Waals surface area contributed by atoms with Gasteiger partial charge >= 0.3 is 6.18 Å². The Morgan fingerprint density at radius 3 is 2.61 bits per heavy atom. The third-order valence-corrected chi connectivity index (χ3v) is 4.04. The van der Waals surface area contributed by atoms with Crippen LogP contribution < -0.4 is 5.43 Å². The summed E-state index contributed by atoms with van der Waals surface area (Å²) in [6.07, 6.45) is -4.62. The van der Waals surface area contributed by atoms with Gasteiger partial charge in [-0.15, -0.1) is 11.3 Å². The molecule has 0 saturated carbocycles. The molecule has 0 spiro atoms. The zero-order chi connectivity index (χ0) is 16.4. The maximum absolute atomic E-state index is 12.9. The average molecular weight is 336 g/mol. The Morgan fingerprint density at radius 1 is 1.13 bits per heavy atom. The molecule has 118 valence electrons. The number of rotatable bonds is 3. The number of aromatic nitrogens is 2. The summed E-state index contributed by atoms with van der Waals surface area (Å²) in [5.41, 5.74) is 3.50. The Morgan fingerprint density at radius 2 is 1.91 bits per heavy atom. The van der Waals surface area contributed by atoms with Gasteiger partial charge in [0.1, 0.15) is 0 Å². The van der Waals surface area contributed by atoms with E-state index in [1.165, 1.54) is 17.4 Å². The maximum atomic E-state index is 12.9. The Bertz CT molecular complexity index is 857. The highest BCUT2D eigenvalue weighted by molar-refractivity contribution is 7.12. The maximum Gasteiger partial charge on any atom is 0.451 e. The van der Waals surface area contributed by atoms with E-state index in [9.17, 15) is 13.2 Å². The second-order valence-electron chi connectivity index (χ2n) is 4.70. The normalized spacial score (nSPS) is 12.6. The number of hydrogen-bond acceptors (Lipinski definition) is 5. The zero-order valence-electron chi connectivity index (χ0n) is 11.9. The first-order valence-corrected chi connectivity index (χ1v) is 7.51. The molecule has 8 heteroatoms. The molecule has 4 nitrogen and oxygen atoms in total. The molecule has 0 aliphatic carbocycles. The quantitative estimate of drug-likeness (QED) is 0.564. The van der Waals surface area contributed by atoms with Crippen molar-refractivity contribution in [1.29, 1.82) is 0 Å². The van der Waals surface area contributed by atoms with E-state index in [1.54, 1.807) is 25.1 Å². The molecular weight excluding hydrogens is 325 g/mol. The lowest BCUT2D eigenvalue weighted by molar-refractivity contribution is -0.144. The number of nitrogens with zero attached hydrogens (tertiary/aromatic N) is 3. The van der Waals surface area contributed by atoms with Gasteiger partial charge < -0.3 is 0 Å². The van der Waals surface area contributed by atoms with Crippen LogP contribution >= 0.6 is 11.3 Å². The van der Waals surface area contributed by atoms with Crippen LogP contribution in [0.1, 0.15) is 17.6 Å². The molecule has 1 aromatic carbocycles. The summed E-state index contributed by atoms with van der Waals surface area (Å²) in [6, 6.07) is 10.2. The van der Waals surface area contributed by atoms with Crippen LogP contribution in [0.2, 0.25) is 0 Å². The van der Waals surface area contributed by atoms with Crippen LogP contribution in [-0.2, 0) is 6.18 Å². The van der Waals surface area contributed by atoms with Crippen LogP contribution in [-0.4, -0.2) is 15.7 Å². The van der Waals surface area contributed by atoms with Crippen molar-refractivity contribution in [3.05, 3.63) is 52.5 Å². The molecular formula is C15H11F3N4S. The highest BCUT2D eigenvalue weighted by Crippen LogP contribution is 2.30. The average Bonchev–Trinajstić information content (AvgIpc) is 3.05. The van der Waals surface area contributed by atoms with Gasteiger partial charge in [0.05, 0.1) is 11.2 Å². The van der Waals surface area contributed by atoms with Crippen molar-refractivity contribution in [2.45, 2.75) is 13.1 Å². The molecule has 0 fully saturated rings. The first-order valence-electron chi connectivity index (χ1n) is 6.63. The minimum absolute atomic E-state index is 0.0267. The fraction of sp³-hybridized carbons (Fsp3) is 0.133. The lowest BCUT2D eigenvalue weighted by Gasteiger charge is -2.10. The lowest BCUT2D eigenvalue weighted by atomic mass is 10.2. The highest BCUT2D eigenvalue weighted by Gasteiger charge is 2.35. The Labute approximate surface area is 133 Å². The third kappa shape index (κ3) is 3.31. The SMILES string of the molecule is C/C(=N/Nc1nc(C(F)(F)F)nc2ccccc12)c1cccs1. The Kier molecular flexibility index (Phi) is 3.99. The van der Waals surface area contributed by atoms with E-state index in [-0.39, 0.29) is 11.3 Å². The van der Waals surface area contributed by atoms with Gasteiger partial charge in [-0.05, 0) is 30.5 Å². The molecule has 0 bridgehead atoms. The summed E-state index contributed by atoms with van der Waals surface area (Å²) in [4.78, 5) is 8.06. The molecule has 0 saturated heterocycles. The number of hydrazone groups is 1. The van der Waals surface area contributed by atoms with Gasteiger partial charge in [-0.2, -0.15) is 18.3 Å². The fourth-order valence-corrected chi connectivity index (χ4v) is 2.64. The van der Waals surface area contributed by atoms with Crippen LogP contribution in [0.15, 0.2) is 46.9 Å². The number of alkyl halides is 3. The Balaban J connectivity index is 2.03. The third-order valence-electron chi connectivity index (χ3n) is 3.06. The van der Waals surface area contributed by atoms with Crippen LogP contribution in [0.25, 0.3) is 10.9 Å². The van der Waals surface area contributed by atoms with Crippen molar-refractivity contribution in [3.8, 4) is 0 Å². The summed E-state index contributed by atoms with van der Waals surface area (Å²) in [5, 5.41) is 6.50. The minimum atomic E-state index is -4.62. The van der Waals surface area contributed by atoms with Gasteiger partial charge in [0.15, 0.2) is 5.82 Å². The van der Waals surface area contributed by atoms with E-state index in [2.05, 4.69) is 20.5 Å². The number of thiophene rings is 1. The molecule has 23 heavy (non-hydrogen) atoms. The Hall–Kier alpha value is -2.48. The van der Waals surface area contributed by atoms with Gasteiger partial charge in [-0.3, -0.25) is 5.43 Å². The minimum Gasteiger partial charge on any atom is -0.260 e. The molecule has 0 amide bonds. The molecule has 2 heterocycles. The van der Waals surface area contributed by atoms with Crippen molar-refractivity contribution in [2.24, 2.45) is 5.10 Å². The lowest BCUT2D eigenvalue weighted by Crippen LogP contribution is -2.13. The van der Waals surface area contributed by atoms with Crippen molar-refractivity contribution in [3.63, 3.8) is 0 Å². The molecule has 0 radical (unpaired) electrons. The first-order chi connectivity index (χ1) is 10.9. The highest BCUT2D eigenvalue weighted by atomic mass is 32.1. The number of halogens is 3. The van der Waals surface area contributed by atoms with Crippen molar-refractivity contribution >= 4 is 33.8 Å². The number of anilines is 1. The summed E-state index contributed by atoms with van der Waals surface area (Å²) in [7, 11) is 0. The summed E-state index contributed by atoms with van der Waals surface area (Å²) in [6.45, 7) is 1.77. The molecule has 0 aliphatic rings. The second kappa shape index (κ2) is 5.96. The predicted molar refractivity (Wildman–Crippen MR) is 84.7 cm³/mol. The largest absolute Gasteiger partial charge is 0.451 e. The standard InChI is InChI=1S/C15H11F3N4S/c1-9(12-7-4-8-23-12)21-22-13-10-5-2-3-6-11(10)19-14(20-13)15(16,17)18/h2-8H,1H3,(H,19,20,22)/b21-9-. The van der Waals surface area contributed by atoms with Crippen molar-refractivity contribution in [1.82, 2.24) is 9.97 Å². The molecule has 1 N–H and O–H groups in total. The fourth-order valence-electron chi connectivity index (χ4n) is 1.96. The number of para-hydroxylation sites is 1. The van der Waals surface area contributed by atoms with E-state index in [0.717, 1.165) is 4.88 Å². The topological polar surface area (TPSA) is 50.2 Å². The summed E-state index contributed by atoms with van der Waals surface area (Å²) in [5.74, 6) is -1.17. The van der Waals surface area contributed by atoms with E-state index in [1.807, 2.05) is 17.5 Å². The van der Waals surface area contributed by atoms with Gasteiger partial charge in [0.25, 0.3) is 0 Å². The van der Waals surface area contributed by atoms with E-state index in [4.69, 9.17) is 0 Å². The van der Waals surface area contributed by atoms with E-state index >= 15 is 0 Å². The number of benzene rings is 1. The number of fused-ring (bicyclic) bond motifs is 1. The number of nitrogens with one attached hydrogen (secondary N) is 1. The van der Waals surface area contributed by atoms with Crippen molar-refractivity contribution < 1.29 is 13.2 Å². The number of hydrogen-bond donors (Lipinski definition) is 1. The van der Waals surface area contributed by atoms with Gasteiger partial charge in [0.2, 0.25) is 5.82 Å². The van der Waals surface area contributed by atoms with Crippen LogP contribution in [0, 0.1) is 0 Å². The summed E-state index contributed by atoms with van der Waals surface area (Å²) < 4.78 is 38.8. The van der Waals surface area contributed by atoms with E-state index in [0.29, 0.717) is 11.1 Å². The van der Waals surface area contributed by atoms with Crippen LogP contribution in [0.4, 0.5) is 19.0 Å². The smallest absolute Gasteiger partial charge is 0.260 e. The van der Waals surface area contributed by atoms with Gasteiger partial charge in [-0.1, -0.05) is 18.2 Å². The predicted octanol–water partition coefficient (Wildman–Crippen LogP) is 4.55. The molecule has 0 unspecified atom stereocenters. The van der Waals surface area contributed by atoms with Crippen molar-refractivity contribution in [2.75, 3.05) is 5.43 Å². The molecule has 0 aliphatic heterocycles. The zero-order valence-corrected chi connectivity index (χ0v) is 12.7. The van der Waals surface area contributed by atoms with Gasteiger partial charge in [-0.25, -0.2) is 9.97 Å². The molecule has 3 aromatic rings. The summed E-state index contributed by atoms with van der Waals surface area (Å²) >= 11 is 1.49. The van der Waals surface area contributed by atoms with Crippen LogP contribution in [0.5, 0.6) is 0 Å². The molecule has 0 atom stereocenters. The molecule has 3 rings (SSSR count).